The minimum atomic E-state index is -0.256. The first kappa shape index (κ1) is 24.4. The Balaban J connectivity index is 1.29. The average molecular weight is 495 g/mol. The average Bonchev–Trinajstić information content (AvgIpc) is 3.32. The number of rotatable bonds is 8. The number of anilines is 1. The molecule has 0 spiro atoms. The predicted molar refractivity (Wildman–Crippen MR) is 137 cm³/mol. The first-order chi connectivity index (χ1) is 17.5. The zero-order valence-corrected chi connectivity index (χ0v) is 21.0. The normalized spacial score (nSPS) is 20.7. The summed E-state index contributed by atoms with van der Waals surface area (Å²) in [5.41, 5.74) is 4.35. The van der Waals surface area contributed by atoms with E-state index in [-0.39, 0.29) is 11.8 Å². The minimum absolute atomic E-state index is 0.0536. The van der Waals surface area contributed by atoms with Crippen molar-refractivity contribution in [3.05, 3.63) is 36.1 Å². The molecule has 1 amide bonds. The number of carbonyl (C=O) groups is 1. The Morgan fingerprint density at radius 3 is 2.50 bits per heavy atom. The van der Waals surface area contributed by atoms with Crippen molar-refractivity contribution in [1.82, 2.24) is 15.4 Å². The predicted octanol–water partition coefficient (Wildman–Crippen LogP) is 4.23. The Hall–Kier alpha value is -3.30. The van der Waals surface area contributed by atoms with E-state index in [1.165, 1.54) is 0 Å². The Morgan fingerprint density at radius 2 is 1.86 bits per heavy atom. The minimum Gasteiger partial charge on any atom is -0.493 e. The molecule has 5 rings (SSSR count). The maximum atomic E-state index is 11.6. The summed E-state index contributed by atoms with van der Waals surface area (Å²) in [5, 5.41) is 13.5. The number of hydroxylamine groups is 1. The second-order valence-corrected chi connectivity index (χ2v) is 9.85. The number of nitrogens with one attached hydrogen (secondary N) is 2. The van der Waals surface area contributed by atoms with Crippen molar-refractivity contribution in [3.8, 4) is 23.0 Å². The number of furan rings is 1. The Morgan fingerprint density at radius 1 is 1.14 bits per heavy atom. The summed E-state index contributed by atoms with van der Waals surface area (Å²) in [6.45, 7) is 4.85. The molecular formula is C27H34N4O5. The van der Waals surface area contributed by atoms with Gasteiger partial charge in [0.05, 0.1) is 19.7 Å². The molecule has 1 aliphatic carbocycles. The molecule has 0 atom stereocenters. The summed E-state index contributed by atoms with van der Waals surface area (Å²) < 4.78 is 16.9. The van der Waals surface area contributed by atoms with Crippen molar-refractivity contribution < 1.29 is 23.9 Å². The van der Waals surface area contributed by atoms with E-state index in [4.69, 9.17) is 24.1 Å². The number of methoxy groups -OCH3 is 2. The number of benzene rings is 1. The third-order valence-corrected chi connectivity index (χ3v) is 7.65. The number of fused-ring (bicyclic) bond motifs is 1. The lowest BCUT2D eigenvalue weighted by Crippen LogP contribution is -2.51. The van der Waals surface area contributed by atoms with Gasteiger partial charge in [0.2, 0.25) is 5.91 Å². The van der Waals surface area contributed by atoms with Gasteiger partial charge < -0.3 is 24.1 Å². The Bertz CT molecular complexity index is 1230. The molecule has 36 heavy (non-hydrogen) atoms. The fourth-order valence-electron chi connectivity index (χ4n) is 5.37. The molecule has 3 N–H and O–H groups in total. The fourth-order valence-corrected chi connectivity index (χ4v) is 5.37. The van der Waals surface area contributed by atoms with Crippen LogP contribution in [0.5, 0.6) is 11.5 Å². The molecule has 1 aliphatic heterocycles. The van der Waals surface area contributed by atoms with Gasteiger partial charge in [-0.2, -0.15) is 0 Å². The number of carbonyl (C=O) groups excluding carboxylic acids is 1. The van der Waals surface area contributed by atoms with E-state index in [9.17, 15) is 4.79 Å². The van der Waals surface area contributed by atoms with Gasteiger partial charge in [-0.3, -0.25) is 10.0 Å². The van der Waals surface area contributed by atoms with Crippen LogP contribution in [0, 0.1) is 18.8 Å². The van der Waals surface area contributed by atoms with Crippen molar-refractivity contribution in [2.75, 3.05) is 39.2 Å². The van der Waals surface area contributed by atoms with E-state index < -0.39 is 0 Å². The topological polar surface area (TPSA) is 109 Å². The van der Waals surface area contributed by atoms with Gasteiger partial charge >= 0.3 is 0 Å². The molecule has 9 nitrogen and oxygen atoms in total. The zero-order chi connectivity index (χ0) is 25.2. The van der Waals surface area contributed by atoms with Crippen LogP contribution < -0.4 is 20.3 Å². The zero-order valence-electron chi connectivity index (χ0n) is 21.0. The second-order valence-electron chi connectivity index (χ2n) is 9.85. The summed E-state index contributed by atoms with van der Waals surface area (Å²) in [7, 11) is 3.26. The lowest BCUT2D eigenvalue weighted by Gasteiger charge is -2.45. The van der Waals surface area contributed by atoms with Gasteiger partial charge in [0.25, 0.3) is 0 Å². The van der Waals surface area contributed by atoms with E-state index in [0.717, 1.165) is 79.1 Å². The standard InChI is InChI=1S/C27H34N4O5/c1-16-4-5-24(36-16)23-13-21(20-12-25(34-2)26(35-3)14-22(20)29-23)28-15-17-6-8-31(9-7-17)19-10-18(11-19)27(32)30-33/h4-5,12-14,17-19,33H,6-11,15H2,1-3H3,(H,28,29)(H,30,32). The van der Waals surface area contributed by atoms with Gasteiger partial charge in [-0.15, -0.1) is 0 Å². The van der Waals surface area contributed by atoms with Gasteiger partial charge in [0.15, 0.2) is 17.3 Å². The number of nitrogens with zero attached hydrogens (tertiary/aromatic N) is 2. The maximum Gasteiger partial charge on any atom is 0.246 e. The van der Waals surface area contributed by atoms with Gasteiger partial charge in [0, 0.05) is 35.6 Å². The number of ether oxygens (including phenoxy) is 2. The fraction of sp³-hybridized carbons (Fsp3) is 0.481. The molecule has 3 aromatic rings. The van der Waals surface area contributed by atoms with Crippen LogP contribution in [0.2, 0.25) is 0 Å². The summed E-state index contributed by atoms with van der Waals surface area (Å²) in [4.78, 5) is 18.9. The summed E-state index contributed by atoms with van der Waals surface area (Å²) in [6, 6.07) is 10.3. The van der Waals surface area contributed by atoms with E-state index in [2.05, 4.69) is 10.2 Å². The van der Waals surface area contributed by atoms with E-state index >= 15 is 0 Å². The maximum absolute atomic E-state index is 11.6. The number of amides is 1. The number of hydrogen-bond donors (Lipinski definition) is 3. The van der Waals surface area contributed by atoms with Gasteiger partial charge in [-0.05, 0) is 75.9 Å². The molecule has 2 fully saturated rings. The molecule has 1 aromatic carbocycles. The highest BCUT2D eigenvalue weighted by Gasteiger charge is 2.38. The third-order valence-electron chi connectivity index (χ3n) is 7.65. The molecular weight excluding hydrogens is 460 g/mol. The SMILES string of the molecule is COc1cc2nc(-c3ccc(C)o3)cc(NCC3CCN(C4CC(C(=O)NO)C4)CC3)c2cc1OC. The van der Waals surface area contributed by atoms with Crippen molar-refractivity contribution in [3.63, 3.8) is 0 Å². The van der Waals surface area contributed by atoms with Crippen LogP contribution in [0.15, 0.2) is 34.7 Å². The molecule has 0 radical (unpaired) electrons. The Kier molecular flexibility index (Phi) is 7.02. The molecule has 9 heteroatoms. The number of hydrogen-bond acceptors (Lipinski definition) is 8. The highest BCUT2D eigenvalue weighted by Crippen LogP contribution is 2.38. The van der Waals surface area contributed by atoms with Crippen LogP contribution in [0.25, 0.3) is 22.4 Å². The molecule has 1 saturated heterocycles. The summed E-state index contributed by atoms with van der Waals surface area (Å²) in [5.74, 6) is 3.12. The number of likely N-dealkylation sites (tertiary alicyclic amines) is 1. The summed E-state index contributed by atoms with van der Waals surface area (Å²) in [6.07, 6.45) is 3.87. The molecule has 0 unspecified atom stereocenters. The molecule has 0 bridgehead atoms. The molecule has 2 aliphatic rings. The van der Waals surface area contributed by atoms with E-state index in [1.54, 1.807) is 19.7 Å². The van der Waals surface area contributed by atoms with Gasteiger partial charge in [-0.1, -0.05) is 0 Å². The highest BCUT2D eigenvalue weighted by molar-refractivity contribution is 5.95. The van der Waals surface area contributed by atoms with Crippen LogP contribution in [0.3, 0.4) is 0 Å². The first-order valence-electron chi connectivity index (χ1n) is 12.5. The molecule has 192 valence electrons. The lowest BCUT2D eigenvalue weighted by atomic mass is 9.77. The van der Waals surface area contributed by atoms with Crippen LogP contribution in [-0.4, -0.2) is 60.9 Å². The molecule has 2 aromatic heterocycles. The van der Waals surface area contributed by atoms with E-state index in [0.29, 0.717) is 23.5 Å². The quantitative estimate of drug-likeness (QED) is 0.315. The van der Waals surface area contributed by atoms with Crippen LogP contribution >= 0.6 is 0 Å². The smallest absolute Gasteiger partial charge is 0.246 e. The van der Waals surface area contributed by atoms with Crippen molar-refractivity contribution in [1.29, 1.82) is 0 Å². The largest absolute Gasteiger partial charge is 0.493 e. The highest BCUT2D eigenvalue weighted by atomic mass is 16.5. The number of aromatic nitrogens is 1. The summed E-state index contributed by atoms with van der Waals surface area (Å²) >= 11 is 0. The van der Waals surface area contributed by atoms with Crippen LogP contribution in [0.1, 0.15) is 31.4 Å². The van der Waals surface area contributed by atoms with Crippen molar-refractivity contribution in [2.45, 2.75) is 38.6 Å². The van der Waals surface area contributed by atoms with Crippen LogP contribution in [0.4, 0.5) is 5.69 Å². The molecule has 1 saturated carbocycles. The second kappa shape index (κ2) is 10.4. The molecule has 3 heterocycles. The monoisotopic (exact) mass is 494 g/mol. The van der Waals surface area contributed by atoms with E-state index in [1.807, 2.05) is 37.3 Å². The third kappa shape index (κ3) is 4.85. The number of aryl methyl sites for hydroxylation is 1. The number of piperidine rings is 1. The number of pyridine rings is 1. The lowest BCUT2D eigenvalue weighted by molar-refractivity contribution is -0.138. The van der Waals surface area contributed by atoms with Crippen molar-refractivity contribution >= 4 is 22.5 Å². The van der Waals surface area contributed by atoms with Crippen LogP contribution in [-0.2, 0) is 4.79 Å². The van der Waals surface area contributed by atoms with Crippen molar-refractivity contribution in [2.24, 2.45) is 11.8 Å². The Labute approximate surface area is 210 Å². The van der Waals surface area contributed by atoms with Gasteiger partial charge in [0.1, 0.15) is 11.5 Å². The van der Waals surface area contributed by atoms with Gasteiger partial charge in [-0.25, -0.2) is 10.5 Å². The first-order valence-corrected chi connectivity index (χ1v) is 12.5.